The van der Waals surface area contributed by atoms with E-state index in [1.807, 2.05) is 37.3 Å². The summed E-state index contributed by atoms with van der Waals surface area (Å²) in [5.74, 6) is -0.763. The SMILES string of the molecule is CCN(CCc1ccccc1)C(=O)c1cccc(OCC(=O)O)c1. The summed E-state index contributed by atoms with van der Waals surface area (Å²) in [5, 5.41) is 8.66. The van der Waals surface area contributed by atoms with Crippen molar-refractivity contribution in [2.24, 2.45) is 0 Å². The van der Waals surface area contributed by atoms with Crippen LogP contribution in [0, 0.1) is 0 Å². The molecule has 0 aliphatic heterocycles. The molecular formula is C19H21NO4. The van der Waals surface area contributed by atoms with Crippen molar-refractivity contribution in [3.8, 4) is 5.75 Å². The lowest BCUT2D eigenvalue weighted by Gasteiger charge is -2.21. The van der Waals surface area contributed by atoms with Crippen LogP contribution in [0.2, 0.25) is 0 Å². The lowest BCUT2D eigenvalue weighted by atomic mass is 10.1. The summed E-state index contributed by atoms with van der Waals surface area (Å²) in [6.07, 6.45) is 0.787. The summed E-state index contributed by atoms with van der Waals surface area (Å²) >= 11 is 0. The molecule has 0 unspecified atom stereocenters. The number of carbonyl (C=O) groups excluding carboxylic acids is 1. The molecule has 1 amide bonds. The molecule has 0 saturated carbocycles. The highest BCUT2D eigenvalue weighted by Crippen LogP contribution is 2.15. The van der Waals surface area contributed by atoms with Gasteiger partial charge in [-0.15, -0.1) is 0 Å². The van der Waals surface area contributed by atoms with Crippen LogP contribution in [0.5, 0.6) is 5.75 Å². The Hall–Kier alpha value is -2.82. The summed E-state index contributed by atoms with van der Waals surface area (Å²) < 4.78 is 5.13. The lowest BCUT2D eigenvalue weighted by molar-refractivity contribution is -0.139. The van der Waals surface area contributed by atoms with Gasteiger partial charge in [-0.1, -0.05) is 36.4 Å². The van der Waals surface area contributed by atoms with E-state index in [-0.39, 0.29) is 5.91 Å². The monoisotopic (exact) mass is 327 g/mol. The third kappa shape index (κ3) is 5.12. The van der Waals surface area contributed by atoms with Crippen LogP contribution in [0.1, 0.15) is 22.8 Å². The molecule has 24 heavy (non-hydrogen) atoms. The Morgan fingerprint density at radius 1 is 1.08 bits per heavy atom. The van der Waals surface area contributed by atoms with Crippen molar-refractivity contribution in [1.29, 1.82) is 0 Å². The molecule has 0 saturated heterocycles. The molecule has 0 heterocycles. The normalized spacial score (nSPS) is 10.2. The third-order valence-corrected chi connectivity index (χ3v) is 3.63. The van der Waals surface area contributed by atoms with E-state index < -0.39 is 12.6 Å². The van der Waals surface area contributed by atoms with E-state index in [9.17, 15) is 9.59 Å². The predicted molar refractivity (Wildman–Crippen MR) is 91.3 cm³/mol. The fourth-order valence-corrected chi connectivity index (χ4v) is 2.36. The molecule has 126 valence electrons. The molecule has 0 bridgehead atoms. The minimum atomic E-state index is -1.05. The highest BCUT2D eigenvalue weighted by molar-refractivity contribution is 5.94. The molecule has 0 spiro atoms. The molecule has 5 nitrogen and oxygen atoms in total. The Balaban J connectivity index is 2.02. The highest BCUT2D eigenvalue weighted by atomic mass is 16.5. The molecule has 0 aliphatic rings. The number of carboxylic acid groups (broad SMARTS) is 1. The predicted octanol–water partition coefficient (Wildman–Crippen LogP) is 2.85. The number of carbonyl (C=O) groups is 2. The van der Waals surface area contributed by atoms with Gasteiger partial charge in [-0.25, -0.2) is 4.79 Å². The number of aliphatic carboxylic acids is 1. The van der Waals surface area contributed by atoms with Gasteiger partial charge in [0.1, 0.15) is 5.75 Å². The van der Waals surface area contributed by atoms with Crippen molar-refractivity contribution in [3.05, 3.63) is 65.7 Å². The van der Waals surface area contributed by atoms with Crippen LogP contribution in [-0.4, -0.2) is 41.6 Å². The maximum absolute atomic E-state index is 12.6. The van der Waals surface area contributed by atoms with Gasteiger partial charge in [-0.3, -0.25) is 4.79 Å². The van der Waals surface area contributed by atoms with Crippen molar-refractivity contribution < 1.29 is 19.4 Å². The van der Waals surface area contributed by atoms with E-state index in [4.69, 9.17) is 9.84 Å². The number of amides is 1. The van der Waals surface area contributed by atoms with Gasteiger partial charge in [0.2, 0.25) is 0 Å². The largest absolute Gasteiger partial charge is 0.482 e. The number of likely N-dealkylation sites (N-methyl/N-ethyl adjacent to an activating group) is 1. The number of hydrogen-bond donors (Lipinski definition) is 1. The zero-order chi connectivity index (χ0) is 17.4. The first-order valence-electron chi connectivity index (χ1n) is 7.88. The number of carboxylic acids is 1. The van der Waals surface area contributed by atoms with Gasteiger partial charge in [0, 0.05) is 18.7 Å². The molecule has 0 aromatic heterocycles. The topological polar surface area (TPSA) is 66.8 Å². The van der Waals surface area contributed by atoms with Gasteiger partial charge >= 0.3 is 5.97 Å². The van der Waals surface area contributed by atoms with Gasteiger partial charge in [-0.2, -0.15) is 0 Å². The molecule has 0 atom stereocenters. The van der Waals surface area contributed by atoms with E-state index in [1.165, 1.54) is 5.56 Å². The van der Waals surface area contributed by atoms with Crippen molar-refractivity contribution in [2.75, 3.05) is 19.7 Å². The zero-order valence-corrected chi connectivity index (χ0v) is 13.6. The van der Waals surface area contributed by atoms with Gasteiger partial charge < -0.3 is 14.7 Å². The van der Waals surface area contributed by atoms with Crippen LogP contribution in [-0.2, 0) is 11.2 Å². The molecule has 1 N–H and O–H groups in total. The van der Waals surface area contributed by atoms with Crippen LogP contribution in [0.15, 0.2) is 54.6 Å². The first-order chi connectivity index (χ1) is 11.6. The van der Waals surface area contributed by atoms with Gasteiger partial charge in [0.25, 0.3) is 5.91 Å². The van der Waals surface area contributed by atoms with Crippen LogP contribution in [0.4, 0.5) is 0 Å². The number of hydrogen-bond acceptors (Lipinski definition) is 3. The van der Waals surface area contributed by atoms with Crippen molar-refractivity contribution in [3.63, 3.8) is 0 Å². The summed E-state index contributed by atoms with van der Waals surface area (Å²) in [4.78, 5) is 25.0. The molecule has 2 aromatic rings. The average molecular weight is 327 g/mol. The fraction of sp³-hybridized carbons (Fsp3) is 0.263. The second-order valence-corrected chi connectivity index (χ2v) is 5.33. The average Bonchev–Trinajstić information content (AvgIpc) is 2.61. The van der Waals surface area contributed by atoms with E-state index in [1.54, 1.807) is 29.2 Å². The number of nitrogens with zero attached hydrogens (tertiary/aromatic N) is 1. The Labute approximate surface area is 141 Å². The highest BCUT2D eigenvalue weighted by Gasteiger charge is 2.15. The lowest BCUT2D eigenvalue weighted by Crippen LogP contribution is -2.32. The molecule has 2 aromatic carbocycles. The molecule has 5 heteroatoms. The quantitative estimate of drug-likeness (QED) is 0.809. The Kier molecular flexibility index (Phi) is 6.37. The number of benzene rings is 2. The molecule has 0 radical (unpaired) electrons. The van der Waals surface area contributed by atoms with Gasteiger partial charge in [0.15, 0.2) is 6.61 Å². The van der Waals surface area contributed by atoms with Crippen LogP contribution in [0.3, 0.4) is 0 Å². The van der Waals surface area contributed by atoms with Crippen LogP contribution in [0.25, 0.3) is 0 Å². The Bertz CT molecular complexity index is 685. The van der Waals surface area contributed by atoms with E-state index in [0.29, 0.717) is 24.4 Å². The maximum Gasteiger partial charge on any atom is 0.341 e. The second kappa shape index (κ2) is 8.72. The maximum atomic E-state index is 12.6. The first-order valence-corrected chi connectivity index (χ1v) is 7.88. The minimum absolute atomic E-state index is 0.0887. The van der Waals surface area contributed by atoms with E-state index in [0.717, 1.165) is 6.42 Å². The molecule has 0 aliphatic carbocycles. The Morgan fingerprint density at radius 2 is 1.83 bits per heavy atom. The minimum Gasteiger partial charge on any atom is -0.482 e. The first kappa shape index (κ1) is 17.5. The van der Waals surface area contributed by atoms with Gasteiger partial charge in [-0.05, 0) is 37.1 Å². The Morgan fingerprint density at radius 3 is 2.50 bits per heavy atom. The smallest absolute Gasteiger partial charge is 0.341 e. The second-order valence-electron chi connectivity index (χ2n) is 5.33. The van der Waals surface area contributed by atoms with Crippen LogP contribution >= 0.6 is 0 Å². The fourth-order valence-electron chi connectivity index (χ4n) is 2.36. The molecular weight excluding hydrogens is 306 g/mol. The summed E-state index contributed by atoms with van der Waals surface area (Å²) in [5.41, 5.74) is 1.68. The van der Waals surface area contributed by atoms with Crippen molar-refractivity contribution in [1.82, 2.24) is 4.90 Å². The summed E-state index contributed by atoms with van der Waals surface area (Å²) in [6.45, 7) is 2.74. The number of rotatable bonds is 8. The summed E-state index contributed by atoms with van der Waals surface area (Å²) in [7, 11) is 0. The summed E-state index contributed by atoms with van der Waals surface area (Å²) in [6, 6.07) is 16.6. The molecule has 0 fully saturated rings. The van der Waals surface area contributed by atoms with Crippen molar-refractivity contribution in [2.45, 2.75) is 13.3 Å². The van der Waals surface area contributed by atoms with Gasteiger partial charge in [0.05, 0.1) is 0 Å². The zero-order valence-electron chi connectivity index (χ0n) is 13.6. The third-order valence-electron chi connectivity index (χ3n) is 3.63. The van der Waals surface area contributed by atoms with Crippen LogP contribution < -0.4 is 4.74 Å². The standard InChI is InChI=1S/C19H21NO4/c1-2-20(12-11-15-7-4-3-5-8-15)19(23)16-9-6-10-17(13-16)24-14-18(21)22/h3-10,13H,2,11-12,14H2,1H3,(H,21,22). The van der Waals surface area contributed by atoms with E-state index >= 15 is 0 Å². The molecule has 2 rings (SSSR count). The van der Waals surface area contributed by atoms with Crippen molar-refractivity contribution >= 4 is 11.9 Å². The number of ether oxygens (including phenoxy) is 1. The van der Waals surface area contributed by atoms with E-state index in [2.05, 4.69) is 0 Å².